The van der Waals surface area contributed by atoms with E-state index in [2.05, 4.69) is 22.4 Å². The lowest BCUT2D eigenvalue weighted by molar-refractivity contribution is -0.0400. The van der Waals surface area contributed by atoms with Gasteiger partial charge in [-0.05, 0) is 68.8 Å². The lowest BCUT2D eigenvalue weighted by Gasteiger charge is -2.28. The standard InChI is InChI=1S/C31H32N4O5/c1-19-17-25-26(18-24(19)31(38)39-3)33-30(37)27(25)28(20-7-5-4-6-8-20)32-22-11-9-21(10-12-22)29(36)34-40-23-13-15-35(2)16-14-23/h4-12,17-18,23,33,37H,13-16H2,1-3H3,(H,34,36). The van der Waals surface area contributed by atoms with Crippen LogP contribution in [0, 0.1) is 6.92 Å². The number of benzene rings is 3. The number of hydrogen-bond acceptors (Lipinski definition) is 7. The number of likely N-dealkylation sites (tertiary alicyclic amines) is 1. The maximum absolute atomic E-state index is 12.7. The number of aromatic nitrogens is 1. The van der Waals surface area contributed by atoms with E-state index < -0.39 is 5.97 Å². The van der Waals surface area contributed by atoms with Gasteiger partial charge in [-0.15, -0.1) is 0 Å². The van der Waals surface area contributed by atoms with Crippen molar-refractivity contribution in [2.75, 3.05) is 27.2 Å². The number of rotatable bonds is 7. The average Bonchev–Trinajstić information content (AvgIpc) is 3.29. The fourth-order valence-electron chi connectivity index (χ4n) is 4.88. The summed E-state index contributed by atoms with van der Waals surface area (Å²) in [6, 6.07) is 19.9. The highest BCUT2D eigenvalue weighted by atomic mass is 16.7. The fraction of sp³-hybridized carbons (Fsp3) is 0.258. The van der Waals surface area contributed by atoms with Gasteiger partial charge in [0.15, 0.2) is 5.88 Å². The molecule has 9 heteroatoms. The van der Waals surface area contributed by atoms with E-state index in [9.17, 15) is 14.7 Å². The van der Waals surface area contributed by atoms with Crippen molar-refractivity contribution in [3.05, 3.63) is 94.5 Å². The molecule has 0 aliphatic carbocycles. The van der Waals surface area contributed by atoms with Crippen LogP contribution in [0.25, 0.3) is 10.9 Å². The molecule has 1 aliphatic heterocycles. The maximum atomic E-state index is 12.7. The Hall–Kier alpha value is -4.47. The summed E-state index contributed by atoms with van der Waals surface area (Å²) in [5.41, 5.74) is 7.18. The molecular formula is C31H32N4O5. The first-order valence-corrected chi connectivity index (χ1v) is 13.2. The summed E-state index contributed by atoms with van der Waals surface area (Å²) < 4.78 is 4.90. The molecule has 3 aromatic carbocycles. The van der Waals surface area contributed by atoms with Gasteiger partial charge in [-0.3, -0.25) is 9.63 Å². The Kier molecular flexibility index (Phi) is 7.95. The molecule has 1 aromatic heterocycles. The zero-order valence-corrected chi connectivity index (χ0v) is 22.7. The SMILES string of the molecule is COC(=O)c1cc2[nH]c(O)c(C(=Nc3ccc(C(=O)NOC4CCN(C)CC4)cc3)c3ccccc3)c2cc1C. The topological polar surface area (TPSA) is 116 Å². The Labute approximate surface area is 232 Å². The predicted molar refractivity (Wildman–Crippen MR) is 153 cm³/mol. The van der Waals surface area contributed by atoms with Crippen LogP contribution in [-0.2, 0) is 9.57 Å². The number of esters is 1. The van der Waals surface area contributed by atoms with E-state index in [1.807, 2.05) is 43.3 Å². The zero-order chi connectivity index (χ0) is 28.2. The largest absolute Gasteiger partial charge is 0.494 e. The van der Waals surface area contributed by atoms with Gasteiger partial charge in [0.25, 0.3) is 5.91 Å². The third-order valence-electron chi connectivity index (χ3n) is 7.17. The Morgan fingerprint density at radius 1 is 1.02 bits per heavy atom. The summed E-state index contributed by atoms with van der Waals surface area (Å²) >= 11 is 0. The first kappa shape index (κ1) is 27.1. The fourth-order valence-corrected chi connectivity index (χ4v) is 4.88. The molecule has 0 unspecified atom stereocenters. The number of amides is 1. The van der Waals surface area contributed by atoms with E-state index in [1.54, 1.807) is 30.3 Å². The van der Waals surface area contributed by atoms with Crippen LogP contribution in [0.4, 0.5) is 5.69 Å². The molecule has 3 N–H and O–H groups in total. The van der Waals surface area contributed by atoms with Crippen LogP contribution in [-0.4, -0.2) is 65.9 Å². The first-order chi connectivity index (χ1) is 19.3. The minimum atomic E-state index is -0.451. The number of aryl methyl sites for hydroxylation is 1. The minimum Gasteiger partial charge on any atom is -0.494 e. The second-order valence-corrected chi connectivity index (χ2v) is 9.98. The Morgan fingerprint density at radius 2 is 1.73 bits per heavy atom. The first-order valence-electron chi connectivity index (χ1n) is 13.2. The number of hydrogen-bond donors (Lipinski definition) is 3. The molecule has 40 heavy (non-hydrogen) atoms. The quantitative estimate of drug-likeness (QED) is 0.175. The van der Waals surface area contributed by atoms with Crippen molar-refractivity contribution >= 4 is 34.2 Å². The summed E-state index contributed by atoms with van der Waals surface area (Å²) in [4.78, 5) is 40.6. The van der Waals surface area contributed by atoms with Gasteiger partial charge >= 0.3 is 5.97 Å². The molecule has 0 spiro atoms. The number of aromatic hydroxyl groups is 1. The molecule has 1 fully saturated rings. The number of methoxy groups -OCH3 is 1. The van der Waals surface area contributed by atoms with E-state index >= 15 is 0 Å². The monoisotopic (exact) mass is 540 g/mol. The van der Waals surface area contributed by atoms with Crippen LogP contribution in [0.2, 0.25) is 0 Å². The molecule has 1 amide bonds. The normalized spacial score (nSPS) is 14.8. The van der Waals surface area contributed by atoms with Crippen molar-refractivity contribution in [2.24, 2.45) is 4.99 Å². The Bertz CT molecular complexity index is 1550. The van der Waals surface area contributed by atoms with Crippen LogP contribution in [0.1, 0.15) is 50.2 Å². The summed E-state index contributed by atoms with van der Waals surface area (Å²) in [6.07, 6.45) is 1.75. The highest BCUT2D eigenvalue weighted by Gasteiger charge is 2.22. The van der Waals surface area contributed by atoms with Crippen LogP contribution < -0.4 is 5.48 Å². The molecule has 1 aliphatic rings. The zero-order valence-electron chi connectivity index (χ0n) is 22.7. The number of ether oxygens (including phenoxy) is 1. The Morgan fingerprint density at radius 3 is 2.40 bits per heavy atom. The number of piperidine rings is 1. The number of H-pyrrole nitrogens is 1. The second kappa shape index (κ2) is 11.7. The molecule has 9 nitrogen and oxygen atoms in total. The van der Waals surface area contributed by atoms with Crippen molar-refractivity contribution in [2.45, 2.75) is 25.9 Å². The second-order valence-electron chi connectivity index (χ2n) is 9.98. The summed E-state index contributed by atoms with van der Waals surface area (Å²) in [5, 5.41) is 11.7. The van der Waals surface area contributed by atoms with Crippen molar-refractivity contribution in [3.63, 3.8) is 0 Å². The smallest absolute Gasteiger partial charge is 0.338 e. The maximum Gasteiger partial charge on any atom is 0.338 e. The molecule has 1 saturated heterocycles. The molecule has 0 bridgehead atoms. The summed E-state index contributed by atoms with van der Waals surface area (Å²) in [7, 11) is 3.41. The van der Waals surface area contributed by atoms with Gasteiger partial charge in [0.2, 0.25) is 0 Å². The molecule has 2 heterocycles. The number of hydroxylamine groups is 1. The number of nitrogens with zero attached hydrogens (tertiary/aromatic N) is 2. The third-order valence-corrected chi connectivity index (χ3v) is 7.17. The highest BCUT2D eigenvalue weighted by molar-refractivity contribution is 6.22. The number of carbonyl (C=O) groups is 2. The van der Waals surface area contributed by atoms with Gasteiger partial charge in [-0.1, -0.05) is 30.3 Å². The van der Waals surface area contributed by atoms with E-state index in [4.69, 9.17) is 14.6 Å². The van der Waals surface area contributed by atoms with E-state index in [1.165, 1.54) is 7.11 Å². The molecule has 5 rings (SSSR count). The molecule has 0 saturated carbocycles. The van der Waals surface area contributed by atoms with E-state index in [0.717, 1.165) is 31.5 Å². The van der Waals surface area contributed by atoms with Crippen LogP contribution >= 0.6 is 0 Å². The van der Waals surface area contributed by atoms with Gasteiger partial charge < -0.3 is 19.7 Å². The van der Waals surface area contributed by atoms with Crippen molar-refractivity contribution in [1.29, 1.82) is 0 Å². The molecule has 0 radical (unpaired) electrons. The van der Waals surface area contributed by atoms with Gasteiger partial charge in [-0.2, -0.15) is 0 Å². The Balaban J connectivity index is 1.45. The van der Waals surface area contributed by atoms with Crippen molar-refractivity contribution in [1.82, 2.24) is 15.4 Å². The van der Waals surface area contributed by atoms with Crippen molar-refractivity contribution in [3.8, 4) is 5.88 Å². The molecule has 4 aromatic rings. The molecule has 206 valence electrons. The number of fused-ring (bicyclic) bond motifs is 1. The lowest BCUT2D eigenvalue weighted by atomic mass is 9.98. The van der Waals surface area contributed by atoms with Crippen LogP contribution in [0.5, 0.6) is 5.88 Å². The summed E-state index contributed by atoms with van der Waals surface area (Å²) in [5.74, 6) is -0.835. The number of aromatic amines is 1. The van der Waals surface area contributed by atoms with Gasteiger partial charge in [-0.25, -0.2) is 15.3 Å². The number of aliphatic imine (C=N–C) groups is 1. The average molecular weight is 541 g/mol. The lowest BCUT2D eigenvalue weighted by Crippen LogP contribution is -2.38. The van der Waals surface area contributed by atoms with Gasteiger partial charge in [0, 0.05) is 35.1 Å². The van der Waals surface area contributed by atoms with Gasteiger partial charge in [0.1, 0.15) is 0 Å². The van der Waals surface area contributed by atoms with E-state index in [-0.39, 0.29) is 17.9 Å². The van der Waals surface area contributed by atoms with Crippen LogP contribution in [0.15, 0.2) is 71.7 Å². The van der Waals surface area contributed by atoms with Crippen LogP contribution in [0.3, 0.4) is 0 Å². The number of nitrogens with one attached hydrogen (secondary N) is 2. The van der Waals surface area contributed by atoms with Gasteiger partial charge in [0.05, 0.1) is 35.7 Å². The predicted octanol–water partition coefficient (Wildman–Crippen LogP) is 4.89. The van der Waals surface area contributed by atoms with E-state index in [0.29, 0.717) is 44.6 Å². The summed E-state index contributed by atoms with van der Waals surface area (Å²) in [6.45, 7) is 3.70. The van der Waals surface area contributed by atoms with Crippen molar-refractivity contribution < 1.29 is 24.3 Å². The minimum absolute atomic E-state index is 0.00800. The molecular weight excluding hydrogens is 508 g/mol. The highest BCUT2D eigenvalue weighted by Crippen LogP contribution is 2.33. The third kappa shape index (κ3) is 5.75. The number of carbonyl (C=O) groups excluding carboxylic acids is 2. The molecule has 0 atom stereocenters.